The van der Waals surface area contributed by atoms with Crippen LogP contribution in [0.5, 0.6) is 5.75 Å². The van der Waals surface area contributed by atoms with Gasteiger partial charge < -0.3 is 10.1 Å². The lowest BCUT2D eigenvalue weighted by molar-refractivity contribution is -0.153. The zero-order chi connectivity index (χ0) is 14.6. The molecule has 0 spiro atoms. The van der Waals surface area contributed by atoms with Gasteiger partial charge in [-0.3, -0.25) is 4.98 Å². The van der Waals surface area contributed by atoms with Crippen molar-refractivity contribution in [2.24, 2.45) is 0 Å². The molecule has 0 amide bonds. The molecule has 2 rings (SSSR count). The number of pyridine rings is 1. The summed E-state index contributed by atoms with van der Waals surface area (Å²) in [5, 5.41) is 3.00. The summed E-state index contributed by atoms with van der Waals surface area (Å²) in [4.78, 5) is 4.21. The second-order valence-electron chi connectivity index (χ2n) is 4.11. The van der Waals surface area contributed by atoms with E-state index in [2.05, 4.69) is 15.0 Å². The predicted octanol–water partition coefficient (Wildman–Crippen LogP) is 3.73. The van der Waals surface area contributed by atoms with Crippen molar-refractivity contribution in [3.8, 4) is 17.0 Å². The van der Waals surface area contributed by atoms with E-state index in [0.717, 1.165) is 16.9 Å². The van der Waals surface area contributed by atoms with Crippen LogP contribution in [0.1, 0.15) is 0 Å². The van der Waals surface area contributed by atoms with Crippen molar-refractivity contribution in [3.63, 3.8) is 0 Å². The fourth-order valence-electron chi connectivity index (χ4n) is 1.63. The minimum Gasteiger partial charge on any atom is -0.484 e. The number of alkyl halides is 3. The largest absolute Gasteiger partial charge is 0.484 e. The Morgan fingerprint density at radius 2 is 1.85 bits per heavy atom. The van der Waals surface area contributed by atoms with Gasteiger partial charge in [-0.1, -0.05) is 0 Å². The third-order valence-corrected chi connectivity index (χ3v) is 2.60. The number of benzene rings is 1. The molecule has 0 aliphatic heterocycles. The van der Waals surface area contributed by atoms with Crippen LogP contribution in [0.3, 0.4) is 0 Å². The van der Waals surface area contributed by atoms with Gasteiger partial charge in [0.1, 0.15) is 5.75 Å². The third kappa shape index (κ3) is 3.88. The van der Waals surface area contributed by atoms with Crippen LogP contribution >= 0.6 is 0 Å². The van der Waals surface area contributed by atoms with E-state index >= 15 is 0 Å². The van der Waals surface area contributed by atoms with Crippen LogP contribution in [0.25, 0.3) is 11.3 Å². The molecule has 0 unspecified atom stereocenters. The highest BCUT2D eigenvalue weighted by Gasteiger charge is 2.28. The molecule has 2 aromatic rings. The van der Waals surface area contributed by atoms with Gasteiger partial charge >= 0.3 is 6.18 Å². The Bertz CT molecular complexity index is 567. The van der Waals surface area contributed by atoms with Gasteiger partial charge in [-0.05, 0) is 36.4 Å². The number of nitrogens with zero attached hydrogens (tertiary/aromatic N) is 1. The Morgan fingerprint density at radius 1 is 1.15 bits per heavy atom. The Kier molecular flexibility index (Phi) is 4.12. The fraction of sp³-hybridized carbons (Fsp3) is 0.214. The standard InChI is InChI=1S/C14H13F3N2O/c1-18-11-6-7-19-13(8-11)10-2-4-12(5-3-10)20-9-14(15,16)17/h2-8H,9H2,1H3,(H,18,19). The van der Waals surface area contributed by atoms with Gasteiger partial charge in [-0.2, -0.15) is 13.2 Å². The van der Waals surface area contributed by atoms with Crippen molar-refractivity contribution < 1.29 is 17.9 Å². The molecule has 0 radical (unpaired) electrons. The fourth-order valence-corrected chi connectivity index (χ4v) is 1.63. The summed E-state index contributed by atoms with van der Waals surface area (Å²) >= 11 is 0. The number of anilines is 1. The average Bonchev–Trinajstić information content (AvgIpc) is 2.45. The first-order valence-corrected chi connectivity index (χ1v) is 5.92. The zero-order valence-corrected chi connectivity index (χ0v) is 10.7. The van der Waals surface area contributed by atoms with E-state index < -0.39 is 12.8 Å². The molecule has 3 nitrogen and oxygen atoms in total. The van der Waals surface area contributed by atoms with Crippen LogP contribution in [-0.2, 0) is 0 Å². The Balaban J connectivity index is 2.11. The molecule has 1 aromatic heterocycles. The lowest BCUT2D eigenvalue weighted by Gasteiger charge is -2.09. The summed E-state index contributed by atoms with van der Waals surface area (Å²) in [5.41, 5.74) is 2.45. The molecule has 1 aromatic carbocycles. The van der Waals surface area contributed by atoms with Crippen molar-refractivity contribution in [1.29, 1.82) is 0 Å². The first-order chi connectivity index (χ1) is 9.48. The van der Waals surface area contributed by atoms with Crippen molar-refractivity contribution in [2.45, 2.75) is 6.18 Å². The Labute approximate surface area is 114 Å². The Morgan fingerprint density at radius 3 is 2.45 bits per heavy atom. The number of rotatable bonds is 4. The topological polar surface area (TPSA) is 34.2 Å². The van der Waals surface area contributed by atoms with Gasteiger partial charge in [-0.25, -0.2) is 0 Å². The highest BCUT2D eigenvalue weighted by Crippen LogP contribution is 2.24. The highest BCUT2D eigenvalue weighted by atomic mass is 19.4. The maximum atomic E-state index is 12.0. The maximum absolute atomic E-state index is 12.0. The SMILES string of the molecule is CNc1ccnc(-c2ccc(OCC(F)(F)F)cc2)c1. The predicted molar refractivity (Wildman–Crippen MR) is 70.8 cm³/mol. The molecule has 1 N–H and O–H groups in total. The minimum atomic E-state index is -4.33. The zero-order valence-electron chi connectivity index (χ0n) is 10.7. The molecule has 0 aliphatic rings. The molecule has 6 heteroatoms. The third-order valence-electron chi connectivity index (χ3n) is 2.60. The molecule has 0 atom stereocenters. The summed E-state index contributed by atoms with van der Waals surface area (Å²) in [5.74, 6) is 0.177. The summed E-state index contributed by atoms with van der Waals surface area (Å²) in [6.45, 7) is -1.29. The van der Waals surface area contributed by atoms with E-state index in [9.17, 15) is 13.2 Å². The molecular formula is C14H13F3N2O. The average molecular weight is 282 g/mol. The van der Waals surface area contributed by atoms with E-state index in [0.29, 0.717) is 0 Å². The smallest absolute Gasteiger partial charge is 0.422 e. The molecule has 106 valence electrons. The monoisotopic (exact) mass is 282 g/mol. The van der Waals surface area contributed by atoms with Crippen molar-refractivity contribution in [2.75, 3.05) is 19.0 Å². The van der Waals surface area contributed by atoms with Crippen molar-refractivity contribution in [1.82, 2.24) is 4.98 Å². The molecule has 20 heavy (non-hydrogen) atoms. The first-order valence-electron chi connectivity index (χ1n) is 5.92. The molecule has 0 saturated heterocycles. The van der Waals surface area contributed by atoms with Crippen LogP contribution in [0, 0.1) is 0 Å². The first kappa shape index (κ1) is 14.2. The number of nitrogens with one attached hydrogen (secondary N) is 1. The Hall–Kier alpha value is -2.24. The molecule has 0 bridgehead atoms. The second kappa shape index (κ2) is 5.81. The van der Waals surface area contributed by atoms with Gasteiger partial charge in [0, 0.05) is 24.5 Å². The summed E-state index contributed by atoms with van der Waals surface area (Å²) in [6, 6.07) is 10.0. The van der Waals surface area contributed by atoms with Crippen LogP contribution in [0.4, 0.5) is 18.9 Å². The molecule has 1 heterocycles. The number of ether oxygens (including phenoxy) is 1. The summed E-state index contributed by atoms with van der Waals surface area (Å²) in [6.07, 6.45) is -2.67. The van der Waals surface area contributed by atoms with E-state index in [4.69, 9.17) is 0 Å². The van der Waals surface area contributed by atoms with Crippen molar-refractivity contribution in [3.05, 3.63) is 42.6 Å². The summed E-state index contributed by atoms with van der Waals surface area (Å²) in [7, 11) is 1.80. The number of halogens is 3. The van der Waals surface area contributed by atoms with E-state index in [1.807, 2.05) is 12.1 Å². The number of aromatic nitrogens is 1. The second-order valence-corrected chi connectivity index (χ2v) is 4.11. The van der Waals surface area contributed by atoms with Gasteiger partial charge in [0.2, 0.25) is 0 Å². The number of hydrogen-bond acceptors (Lipinski definition) is 3. The lowest BCUT2D eigenvalue weighted by Crippen LogP contribution is -2.19. The quantitative estimate of drug-likeness (QED) is 0.927. The number of hydrogen-bond donors (Lipinski definition) is 1. The van der Waals surface area contributed by atoms with Gasteiger partial charge in [0.15, 0.2) is 6.61 Å². The van der Waals surface area contributed by atoms with Gasteiger partial charge in [0.05, 0.1) is 5.69 Å². The van der Waals surface area contributed by atoms with E-state index in [-0.39, 0.29) is 5.75 Å². The van der Waals surface area contributed by atoms with Crippen LogP contribution in [-0.4, -0.2) is 24.8 Å². The van der Waals surface area contributed by atoms with E-state index in [1.165, 1.54) is 12.1 Å². The highest BCUT2D eigenvalue weighted by molar-refractivity contribution is 5.64. The van der Waals surface area contributed by atoms with Gasteiger partial charge in [0.25, 0.3) is 0 Å². The molecule has 0 aliphatic carbocycles. The maximum Gasteiger partial charge on any atom is 0.422 e. The minimum absolute atomic E-state index is 0.177. The lowest BCUT2D eigenvalue weighted by atomic mass is 10.1. The molecule has 0 saturated carbocycles. The van der Waals surface area contributed by atoms with Crippen LogP contribution in [0.2, 0.25) is 0 Å². The van der Waals surface area contributed by atoms with E-state index in [1.54, 1.807) is 25.4 Å². The normalized spacial score (nSPS) is 11.2. The molecular weight excluding hydrogens is 269 g/mol. The van der Waals surface area contributed by atoms with Crippen LogP contribution < -0.4 is 10.1 Å². The van der Waals surface area contributed by atoms with Crippen molar-refractivity contribution >= 4 is 5.69 Å². The van der Waals surface area contributed by atoms with Gasteiger partial charge in [-0.15, -0.1) is 0 Å². The summed E-state index contributed by atoms with van der Waals surface area (Å²) < 4.78 is 40.7. The van der Waals surface area contributed by atoms with Crippen LogP contribution in [0.15, 0.2) is 42.6 Å². The molecule has 0 fully saturated rings.